The highest BCUT2D eigenvalue weighted by molar-refractivity contribution is 8.01. The summed E-state index contributed by atoms with van der Waals surface area (Å²) in [6.45, 7) is 0.548. The van der Waals surface area contributed by atoms with Gasteiger partial charge in [-0.15, -0.1) is 11.8 Å². The number of hydrogen-bond acceptors (Lipinski definition) is 4. The zero-order valence-corrected chi connectivity index (χ0v) is 19.8. The number of halogens is 2. The maximum atomic E-state index is 14.4. The predicted octanol–water partition coefficient (Wildman–Crippen LogP) is 5.47. The zero-order valence-electron chi connectivity index (χ0n) is 18.3. The molecule has 3 aromatic rings. The minimum absolute atomic E-state index is 0.213. The Balaban J connectivity index is 1.53. The number of ether oxygens (including phenoxy) is 1. The smallest absolute Gasteiger partial charge is 0.323 e. The Labute approximate surface area is 205 Å². The molecule has 1 atom stereocenters. The molecule has 3 aromatic carbocycles. The summed E-state index contributed by atoms with van der Waals surface area (Å²) in [6.07, 6.45) is 0. The minimum Gasteiger partial charge on any atom is -0.497 e. The lowest BCUT2D eigenvalue weighted by Crippen LogP contribution is -2.51. The normalized spacial score (nSPS) is 19.0. The van der Waals surface area contributed by atoms with Crippen molar-refractivity contribution >= 4 is 46.7 Å². The van der Waals surface area contributed by atoms with Gasteiger partial charge in [-0.25, -0.2) is 9.18 Å². The van der Waals surface area contributed by atoms with Crippen LogP contribution in [0.4, 0.5) is 20.6 Å². The summed E-state index contributed by atoms with van der Waals surface area (Å²) in [7, 11) is 1.54. The molecule has 6 nitrogen and oxygen atoms in total. The molecule has 2 aliphatic rings. The number of thioether (sulfide) groups is 1. The van der Waals surface area contributed by atoms with E-state index in [4.69, 9.17) is 16.3 Å². The van der Waals surface area contributed by atoms with Crippen LogP contribution in [0.2, 0.25) is 5.02 Å². The molecule has 5 rings (SSSR count). The number of carbonyl (C=O) groups excluding carboxylic acids is 2. The Morgan fingerprint density at radius 2 is 2.00 bits per heavy atom. The molecule has 3 amide bonds. The van der Waals surface area contributed by atoms with E-state index >= 15 is 0 Å². The van der Waals surface area contributed by atoms with Gasteiger partial charge in [-0.3, -0.25) is 9.69 Å². The van der Waals surface area contributed by atoms with Gasteiger partial charge in [0.2, 0.25) is 0 Å². The van der Waals surface area contributed by atoms with Crippen molar-refractivity contribution < 1.29 is 18.7 Å². The number of hydrogen-bond donors (Lipinski definition) is 1. The van der Waals surface area contributed by atoms with Crippen LogP contribution < -0.4 is 15.0 Å². The number of fused-ring (bicyclic) bond motifs is 2. The monoisotopic (exact) mass is 497 g/mol. The van der Waals surface area contributed by atoms with Crippen LogP contribution in [0.5, 0.6) is 5.75 Å². The molecule has 1 spiro atoms. The lowest BCUT2D eigenvalue weighted by Gasteiger charge is -2.33. The van der Waals surface area contributed by atoms with E-state index in [9.17, 15) is 14.0 Å². The second-order valence-corrected chi connectivity index (χ2v) is 9.65. The van der Waals surface area contributed by atoms with Crippen LogP contribution in [-0.4, -0.2) is 36.2 Å². The highest BCUT2D eigenvalue weighted by Crippen LogP contribution is 2.54. The lowest BCUT2D eigenvalue weighted by atomic mass is 10.1. The molecule has 0 aliphatic carbocycles. The number of nitrogens with one attached hydrogen (secondary N) is 1. The van der Waals surface area contributed by atoms with Crippen LogP contribution in [0.25, 0.3) is 0 Å². The molecule has 0 unspecified atom stereocenters. The number of urea groups is 1. The standard InChI is InChI=1S/C25H21ClFN3O3S/c1-33-19-7-4-6-18(14-19)28-24(32)30-11-12-34-25(30)20-13-17(27)9-10-22(20)29(23(25)31)15-16-5-2-3-8-21(16)26/h2-10,13-14H,11-12,15H2,1H3,(H,28,32)/t25-/m0/s1. The van der Waals surface area contributed by atoms with Gasteiger partial charge in [0, 0.05) is 34.6 Å². The van der Waals surface area contributed by atoms with Gasteiger partial charge in [0.05, 0.1) is 19.3 Å². The van der Waals surface area contributed by atoms with Crippen molar-refractivity contribution in [1.29, 1.82) is 0 Å². The first-order chi connectivity index (χ1) is 16.4. The molecular formula is C25H21ClFN3O3S. The Morgan fingerprint density at radius 1 is 1.18 bits per heavy atom. The fraction of sp³-hybridized carbons (Fsp3) is 0.200. The van der Waals surface area contributed by atoms with Gasteiger partial charge in [-0.05, 0) is 42.0 Å². The summed E-state index contributed by atoms with van der Waals surface area (Å²) in [6, 6.07) is 18.1. The first-order valence-electron chi connectivity index (χ1n) is 10.7. The van der Waals surface area contributed by atoms with E-state index < -0.39 is 16.7 Å². The summed E-state index contributed by atoms with van der Waals surface area (Å²) in [5, 5.41) is 3.39. The van der Waals surface area contributed by atoms with E-state index in [1.807, 2.05) is 18.2 Å². The Hall–Kier alpha value is -3.23. The molecular weight excluding hydrogens is 477 g/mol. The average Bonchev–Trinajstić information content (AvgIpc) is 3.38. The highest BCUT2D eigenvalue weighted by atomic mass is 35.5. The third kappa shape index (κ3) is 3.67. The molecule has 1 N–H and O–H groups in total. The molecule has 0 aromatic heterocycles. The molecule has 1 fully saturated rings. The van der Waals surface area contributed by atoms with Crippen LogP contribution in [0.1, 0.15) is 11.1 Å². The van der Waals surface area contributed by atoms with Crippen LogP contribution in [-0.2, 0) is 16.2 Å². The third-order valence-corrected chi connectivity index (χ3v) is 7.80. The van der Waals surface area contributed by atoms with E-state index in [0.29, 0.717) is 40.0 Å². The van der Waals surface area contributed by atoms with Crippen molar-refractivity contribution in [2.75, 3.05) is 29.6 Å². The van der Waals surface area contributed by atoms with Crippen molar-refractivity contribution in [2.45, 2.75) is 11.4 Å². The zero-order chi connectivity index (χ0) is 23.9. The summed E-state index contributed by atoms with van der Waals surface area (Å²) >= 11 is 7.69. The molecule has 2 aliphatic heterocycles. The number of rotatable bonds is 4. The van der Waals surface area contributed by atoms with Gasteiger partial charge in [-0.2, -0.15) is 0 Å². The third-order valence-electron chi connectivity index (χ3n) is 6.01. The topological polar surface area (TPSA) is 61.9 Å². The second-order valence-electron chi connectivity index (χ2n) is 7.95. The first-order valence-corrected chi connectivity index (χ1v) is 12.0. The molecule has 0 bridgehead atoms. The molecule has 0 radical (unpaired) electrons. The van der Waals surface area contributed by atoms with Crippen molar-refractivity contribution in [3.63, 3.8) is 0 Å². The molecule has 2 heterocycles. The van der Waals surface area contributed by atoms with Gasteiger partial charge >= 0.3 is 6.03 Å². The van der Waals surface area contributed by atoms with E-state index in [1.165, 1.54) is 28.8 Å². The summed E-state index contributed by atoms with van der Waals surface area (Å²) in [4.78, 5) is 29.1. The SMILES string of the molecule is COc1cccc(NC(=O)N2CCS[C@@]23C(=O)N(Cc2ccccc2Cl)c2ccc(F)cc23)c1. The van der Waals surface area contributed by atoms with Crippen LogP contribution >= 0.6 is 23.4 Å². The summed E-state index contributed by atoms with van der Waals surface area (Å²) in [5.74, 6) is 0.369. The molecule has 174 valence electrons. The first kappa shape index (κ1) is 22.6. The minimum atomic E-state index is -1.36. The fourth-order valence-electron chi connectivity index (χ4n) is 4.43. The Kier molecular flexibility index (Phi) is 5.87. The van der Waals surface area contributed by atoms with Gasteiger partial charge in [-0.1, -0.05) is 35.9 Å². The van der Waals surface area contributed by atoms with Crippen molar-refractivity contribution in [2.24, 2.45) is 0 Å². The quantitative estimate of drug-likeness (QED) is 0.519. The average molecular weight is 498 g/mol. The number of anilines is 2. The molecule has 1 saturated heterocycles. The lowest BCUT2D eigenvalue weighted by molar-refractivity contribution is -0.123. The van der Waals surface area contributed by atoms with E-state index in [0.717, 1.165) is 5.56 Å². The van der Waals surface area contributed by atoms with Crippen LogP contribution in [0.15, 0.2) is 66.7 Å². The van der Waals surface area contributed by atoms with Gasteiger partial charge in [0.1, 0.15) is 11.6 Å². The molecule has 0 saturated carbocycles. The largest absolute Gasteiger partial charge is 0.497 e. The van der Waals surface area contributed by atoms with E-state index in [1.54, 1.807) is 48.4 Å². The van der Waals surface area contributed by atoms with Gasteiger partial charge in [0.25, 0.3) is 5.91 Å². The van der Waals surface area contributed by atoms with E-state index in [2.05, 4.69) is 5.32 Å². The number of carbonyl (C=O) groups is 2. The van der Waals surface area contributed by atoms with Crippen molar-refractivity contribution in [3.05, 3.63) is 88.7 Å². The van der Waals surface area contributed by atoms with Gasteiger partial charge in [0.15, 0.2) is 4.87 Å². The van der Waals surface area contributed by atoms with Gasteiger partial charge < -0.3 is 15.0 Å². The van der Waals surface area contributed by atoms with Crippen LogP contribution in [0.3, 0.4) is 0 Å². The Morgan fingerprint density at radius 3 is 2.79 bits per heavy atom. The molecule has 9 heteroatoms. The number of nitrogens with zero attached hydrogens (tertiary/aromatic N) is 2. The second kappa shape index (κ2) is 8.85. The van der Waals surface area contributed by atoms with Crippen LogP contribution in [0, 0.1) is 5.82 Å². The predicted molar refractivity (Wildman–Crippen MR) is 132 cm³/mol. The van der Waals surface area contributed by atoms with Crippen molar-refractivity contribution in [3.8, 4) is 5.75 Å². The number of amides is 3. The maximum Gasteiger partial charge on any atom is 0.323 e. The molecule has 34 heavy (non-hydrogen) atoms. The Bertz CT molecular complexity index is 1290. The number of methoxy groups -OCH3 is 1. The van der Waals surface area contributed by atoms with E-state index in [-0.39, 0.29) is 12.5 Å². The summed E-state index contributed by atoms with van der Waals surface area (Å²) in [5.41, 5.74) is 2.34. The van der Waals surface area contributed by atoms with Crippen molar-refractivity contribution in [1.82, 2.24) is 4.90 Å². The highest BCUT2D eigenvalue weighted by Gasteiger charge is 2.59. The fourth-order valence-corrected chi connectivity index (χ4v) is 6.08. The number of benzene rings is 3. The maximum absolute atomic E-state index is 14.4. The summed E-state index contributed by atoms with van der Waals surface area (Å²) < 4.78 is 19.6.